The Morgan fingerprint density at radius 3 is 2.03 bits per heavy atom. The highest BCUT2D eigenvalue weighted by atomic mass is 31.2. The third kappa shape index (κ3) is 3.35. The largest absolute Gasteiger partial charge is 0.497 e. The Morgan fingerprint density at radius 2 is 1.39 bits per heavy atom. The van der Waals surface area contributed by atoms with Crippen molar-refractivity contribution in [3.8, 4) is 17.2 Å². The highest BCUT2D eigenvalue weighted by Crippen LogP contribution is 2.45. The van der Waals surface area contributed by atoms with Crippen molar-refractivity contribution >= 4 is 34.2 Å². The predicted octanol–water partition coefficient (Wildman–Crippen LogP) is 5.14. The van der Waals surface area contributed by atoms with Gasteiger partial charge in [0.25, 0.3) is 0 Å². The second kappa shape index (κ2) is 7.90. The van der Waals surface area contributed by atoms with Crippen LogP contribution < -0.4 is 20.7 Å². The Kier molecular flexibility index (Phi) is 4.93. The van der Waals surface area contributed by atoms with E-state index in [1.54, 1.807) is 7.11 Å². The maximum Gasteiger partial charge on any atom is 0.228 e. The molecule has 0 spiro atoms. The average Bonchev–Trinajstić information content (AvgIpc) is 3.28. The van der Waals surface area contributed by atoms with Gasteiger partial charge in [-0.2, -0.15) is 0 Å². The maximum atomic E-state index is 14.8. The summed E-state index contributed by atoms with van der Waals surface area (Å²) in [6.45, 7) is 0. The van der Waals surface area contributed by atoms with Gasteiger partial charge in [-0.25, -0.2) is 4.98 Å². The lowest BCUT2D eigenvalue weighted by molar-refractivity contribution is 0.415. The Labute approximate surface area is 180 Å². The van der Waals surface area contributed by atoms with Crippen molar-refractivity contribution in [1.29, 1.82) is 0 Å². The number of benzene rings is 4. The van der Waals surface area contributed by atoms with Crippen LogP contribution in [0.2, 0.25) is 0 Å². The van der Waals surface area contributed by atoms with E-state index in [-0.39, 0.29) is 0 Å². The Hall–Kier alpha value is -3.62. The van der Waals surface area contributed by atoms with Gasteiger partial charge in [0, 0.05) is 27.5 Å². The van der Waals surface area contributed by atoms with Gasteiger partial charge in [0.2, 0.25) is 5.89 Å². The molecule has 0 saturated carbocycles. The lowest BCUT2D eigenvalue weighted by Gasteiger charge is -2.21. The smallest absolute Gasteiger partial charge is 0.228 e. The molecule has 0 N–H and O–H groups in total. The highest BCUT2D eigenvalue weighted by molar-refractivity contribution is 7.85. The van der Waals surface area contributed by atoms with Gasteiger partial charge in [-0.3, -0.25) is 0 Å². The topological polar surface area (TPSA) is 52.3 Å². The van der Waals surface area contributed by atoms with Crippen LogP contribution in [-0.2, 0) is 4.57 Å². The third-order valence-electron chi connectivity index (χ3n) is 5.31. The number of hydrogen-bond donors (Lipinski definition) is 0. The summed E-state index contributed by atoms with van der Waals surface area (Å²) < 4.78 is 26.2. The molecule has 152 valence electrons. The molecule has 0 aliphatic heterocycles. The van der Waals surface area contributed by atoms with Crippen LogP contribution in [0.25, 0.3) is 22.6 Å². The normalized spacial score (nSPS) is 11.5. The van der Waals surface area contributed by atoms with E-state index in [1.165, 1.54) is 0 Å². The van der Waals surface area contributed by atoms with Gasteiger partial charge in [-0.05, 0) is 18.2 Å². The molecule has 31 heavy (non-hydrogen) atoms. The lowest BCUT2D eigenvalue weighted by atomic mass is 10.2. The zero-order chi connectivity index (χ0) is 21.3. The van der Waals surface area contributed by atoms with Gasteiger partial charge >= 0.3 is 0 Å². The summed E-state index contributed by atoms with van der Waals surface area (Å²) in [7, 11) is -1.54. The molecule has 4 aromatic carbocycles. The Morgan fingerprint density at radius 1 is 0.774 bits per heavy atom. The molecule has 5 heteroatoms. The summed E-state index contributed by atoms with van der Waals surface area (Å²) in [5.41, 5.74) is 2.06. The number of rotatable bonds is 5. The molecule has 1 aromatic heterocycles. The van der Waals surface area contributed by atoms with Crippen molar-refractivity contribution in [2.24, 2.45) is 0 Å². The van der Waals surface area contributed by atoms with Gasteiger partial charge < -0.3 is 13.7 Å². The van der Waals surface area contributed by atoms with Crippen molar-refractivity contribution < 1.29 is 13.7 Å². The fourth-order valence-electron chi connectivity index (χ4n) is 3.78. The van der Waals surface area contributed by atoms with E-state index in [0.29, 0.717) is 33.6 Å². The molecule has 5 rings (SSSR count). The standard InChI is InChI=1S/C26H20NO3P/c1-29-19-16-17-24-23(18-19)27-26(30-24)22-14-8-9-15-25(22)31(28,20-10-4-2-5-11-20)21-12-6-3-7-13-21/h2-18H,1H3. The summed E-state index contributed by atoms with van der Waals surface area (Å²) in [6.07, 6.45) is 0. The van der Waals surface area contributed by atoms with Crippen LogP contribution in [-0.4, -0.2) is 12.1 Å². The molecule has 0 fully saturated rings. The first-order valence-electron chi connectivity index (χ1n) is 9.96. The molecule has 0 aliphatic rings. The predicted molar refractivity (Wildman–Crippen MR) is 125 cm³/mol. The van der Waals surface area contributed by atoms with Crippen molar-refractivity contribution in [2.75, 3.05) is 7.11 Å². The van der Waals surface area contributed by atoms with Gasteiger partial charge in [-0.1, -0.05) is 78.9 Å². The van der Waals surface area contributed by atoms with E-state index >= 15 is 0 Å². The minimum Gasteiger partial charge on any atom is -0.497 e. The number of nitrogens with zero attached hydrogens (tertiary/aromatic N) is 1. The lowest BCUT2D eigenvalue weighted by Crippen LogP contribution is -2.26. The number of ether oxygens (including phenoxy) is 1. The first kappa shape index (κ1) is 19.3. The molecule has 0 radical (unpaired) electrons. The molecule has 1 heterocycles. The average molecular weight is 425 g/mol. The van der Waals surface area contributed by atoms with Crippen LogP contribution >= 0.6 is 7.14 Å². The van der Waals surface area contributed by atoms with E-state index in [1.807, 2.05) is 103 Å². The monoisotopic (exact) mass is 425 g/mol. The molecule has 5 aromatic rings. The Balaban J connectivity index is 1.76. The molecule has 4 nitrogen and oxygen atoms in total. The number of methoxy groups -OCH3 is 1. The number of hydrogen-bond acceptors (Lipinski definition) is 4. The molecule has 0 bridgehead atoms. The fraction of sp³-hybridized carbons (Fsp3) is 0.0385. The number of aromatic nitrogens is 1. The van der Waals surface area contributed by atoms with Gasteiger partial charge in [0.05, 0.1) is 7.11 Å². The van der Waals surface area contributed by atoms with Crippen LogP contribution in [0.15, 0.2) is 108 Å². The van der Waals surface area contributed by atoms with Crippen molar-refractivity contribution in [1.82, 2.24) is 4.98 Å². The molecular formula is C26H20NO3P. The zero-order valence-corrected chi connectivity index (χ0v) is 17.8. The van der Waals surface area contributed by atoms with Crippen LogP contribution in [0, 0.1) is 0 Å². The van der Waals surface area contributed by atoms with E-state index in [9.17, 15) is 4.57 Å². The third-order valence-corrected chi connectivity index (χ3v) is 8.43. The number of fused-ring (bicyclic) bond motifs is 1. The fourth-order valence-corrected chi connectivity index (χ4v) is 6.63. The SMILES string of the molecule is COc1ccc2oc(-c3ccccc3P(=O)(c3ccccc3)c3ccccc3)nc2c1. The van der Waals surface area contributed by atoms with E-state index in [2.05, 4.69) is 4.98 Å². The quantitative estimate of drug-likeness (QED) is 0.366. The van der Waals surface area contributed by atoms with Crippen molar-refractivity contribution in [2.45, 2.75) is 0 Å². The maximum absolute atomic E-state index is 14.8. The first-order chi connectivity index (χ1) is 15.2. The molecule has 0 amide bonds. The molecule has 0 unspecified atom stereocenters. The molecule has 0 aliphatic carbocycles. The zero-order valence-electron chi connectivity index (χ0n) is 16.9. The van der Waals surface area contributed by atoms with E-state index in [4.69, 9.17) is 9.15 Å². The van der Waals surface area contributed by atoms with E-state index in [0.717, 1.165) is 10.6 Å². The van der Waals surface area contributed by atoms with Crippen LogP contribution in [0.5, 0.6) is 5.75 Å². The number of oxazole rings is 1. The summed E-state index contributed by atoms with van der Waals surface area (Å²) in [4.78, 5) is 4.69. The van der Waals surface area contributed by atoms with Crippen LogP contribution in [0.4, 0.5) is 0 Å². The molecule has 0 saturated heterocycles. The Bertz CT molecular complexity index is 1350. The molecule has 0 atom stereocenters. The minimum absolute atomic E-state index is 0.436. The second-order valence-corrected chi connectivity index (χ2v) is 9.88. The summed E-state index contributed by atoms with van der Waals surface area (Å²) in [5, 5.41) is 2.24. The second-order valence-electron chi connectivity index (χ2n) is 7.15. The molecular weight excluding hydrogens is 405 g/mol. The highest BCUT2D eigenvalue weighted by Gasteiger charge is 2.33. The first-order valence-corrected chi connectivity index (χ1v) is 11.7. The van der Waals surface area contributed by atoms with Crippen LogP contribution in [0.3, 0.4) is 0 Å². The van der Waals surface area contributed by atoms with Crippen LogP contribution in [0.1, 0.15) is 0 Å². The van der Waals surface area contributed by atoms with Crippen molar-refractivity contribution in [3.63, 3.8) is 0 Å². The minimum atomic E-state index is -3.16. The summed E-state index contributed by atoms with van der Waals surface area (Å²) >= 11 is 0. The summed E-state index contributed by atoms with van der Waals surface area (Å²) in [6, 6.07) is 32.3. The van der Waals surface area contributed by atoms with Gasteiger partial charge in [0.15, 0.2) is 12.7 Å². The van der Waals surface area contributed by atoms with E-state index < -0.39 is 7.14 Å². The van der Waals surface area contributed by atoms with Gasteiger partial charge in [-0.15, -0.1) is 0 Å². The van der Waals surface area contributed by atoms with Crippen molar-refractivity contribution in [3.05, 3.63) is 103 Å². The summed E-state index contributed by atoms with van der Waals surface area (Å²) in [5.74, 6) is 1.14. The van der Waals surface area contributed by atoms with Gasteiger partial charge in [0.1, 0.15) is 11.3 Å².